The molecule has 4 heteroatoms. The van der Waals surface area contributed by atoms with E-state index in [1.165, 1.54) is 0 Å². The number of hydrogen-bond donors (Lipinski definition) is 2. The van der Waals surface area contributed by atoms with Gasteiger partial charge in [-0.1, -0.05) is 5.46 Å². The van der Waals surface area contributed by atoms with E-state index >= 15 is 0 Å². The lowest BCUT2D eigenvalue weighted by Crippen LogP contribution is -2.19. The van der Waals surface area contributed by atoms with Crippen molar-refractivity contribution >= 4 is 19.0 Å². The molecule has 0 aromatic heterocycles. The number of aromatic hydroxyl groups is 1. The van der Waals surface area contributed by atoms with E-state index in [9.17, 15) is 5.11 Å². The van der Waals surface area contributed by atoms with Crippen molar-refractivity contribution in [1.29, 1.82) is 0 Å². The Balaban J connectivity index is 2.49. The lowest BCUT2D eigenvalue weighted by atomic mass is 9.94. The van der Waals surface area contributed by atoms with Crippen LogP contribution in [0.3, 0.4) is 0 Å². The van der Waals surface area contributed by atoms with E-state index in [-0.39, 0.29) is 5.75 Å². The first-order chi connectivity index (χ1) is 5.77. The molecule has 0 aliphatic carbocycles. The Bertz CT molecular complexity index is 283. The third kappa shape index (κ3) is 1.09. The number of phenolic OH excluding ortho intramolecular Hbond substituents is 1. The van der Waals surface area contributed by atoms with Gasteiger partial charge in [0.2, 0.25) is 0 Å². The maximum Gasteiger partial charge on any atom is 0.142 e. The fourth-order valence-electron chi connectivity index (χ4n) is 1.19. The first-order valence-corrected chi connectivity index (χ1v) is 3.76. The fraction of sp³-hybridized carbons (Fsp3) is 0.250. The van der Waals surface area contributed by atoms with E-state index in [0.29, 0.717) is 17.8 Å². The summed E-state index contributed by atoms with van der Waals surface area (Å²) in [5, 5.41) is 12.3. The van der Waals surface area contributed by atoms with Crippen LogP contribution in [0.5, 0.6) is 11.5 Å². The van der Waals surface area contributed by atoms with Crippen molar-refractivity contribution in [2.75, 3.05) is 18.5 Å². The van der Waals surface area contributed by atoms with Crippen molar-refractivity contribution < 1.29 is 9.84 Å². The molecule has 1 aliphatic rings. The lowest BCUT2D eigenvalue weighted by molar-refractivity contribution is 0.323. The summed E-state index contributed by atoms with van der Waals surface area (Å²) in [5.74, 6) is 0.795. The molecule has 1 aliphatic heterocycles. The number of anilines is 1. The summed E-state index contributed by atoms with van der Waals surface area (Å²) in [4.78, 5) is 0. The first-order valence-electron chi connectivity index (χ1n) is 3.76. The third-order valence-electron chi connectivity index (χ3n) is 1.80. The van der Waals surface area contributed by atoms with Crippen LogP contribution in [0.2, 0.25) is 0 Å². The van der Waals surface area contributed by atoms with Gasteiger partial charge in [0.25, 0.3) is 0 Å². The SMILES string of the molecule is [B]c1cc2c(cc1O)NCCO2. The van der Waals surface area contributed by atoms with E-state index in [4.69, 9.17) is 12.6 Å². The molecule has 60 valence electrons. The summed E-state index contributed by atoms with van der Waals surface area (Å²) >= 11 is 0. The maximum absolute atomic E-state index is 9.25. The molecule has 1 aromatic carbocycles. The molecule has 1 aromatic rings. The van der Waals surface area contributed by atoms with Crippen molar-refractivity contribution in [3.8, 4) is 11.5 Å². The molecular formula is C8H8BNO2. The zero-order chi connectivity index (χ0) is 8.55. The highest BCUT2D eigenvalue weighted by Gasteiger charge is 2.10. The van der Waals surface area contributed by atoms with Crippen molar-refractivity contribution in [2.45, 2.75) is 0 Å². The molecule has 0 saturated carbocycles. The van der Waals surface area contributed by atoms with E-state index < -0.39 is 0 Å². The summed E-state index contributed by atoms with van der Waals surface area (Å²) in [6.07, 6.45) is 0. The molecule has 2 N–H and O–H groups in total. The van der Waals surface area contributed by atoms with Crippen molar-refractivity contribution in [3.63, 3.8) is 0 Å². The van der Waals surface area contributed by atoms with Crippen molar-refractivity contribution in [1.82, 2.24) is 0 Å². The number of nitrogens with one attached hydrogen (secondary N) is 1. The van der Waals surface area contributed by atoms with Crippen LogP contribution in [0.1, 0.15) is 0 Å². The first kappa shape index (κ1) is 7.34. The Hall–Kier alpha value is -1.32. The van der Waals surface area contributed by atoms with Crippen LogP contribution < -0.4 is 15.5 Å². The van der Waals surface area contributed by atoms with Gasteiger partial charge in [-0.05, 0) is 6.07 Å². The number of hydrogen-bond acceptors (Lipinski definition) is 3. The van der Waals surface area contributed by atoms with Gasteiger partial charge in [-0.2, -0.15) is 0 Å². The molecular weight excluding hydrogens is 153 g/mol. The average Bonchev–Trinajstić information content (AvgIpc) is 2.07. The zero-order valence-corrected chi connectivity index (χ0v) is 6.50. The minimum Gasteiger partial charge on any atom is -0.509 e. The number of phenols is 1. The smallest absolute Gasteiger partial charge is 0.142 e. The fourth-order valence-corrected chi connectivity index (χ4v) is 1.19. The molecule has 0 amide bonds. The van der Waals surface area contributed by atoms with Gasteiger partial charge in [-0.3, -0.25) is 0 Å². The highest BCUT2D eigenvalue weighted by Crippen LogP contribution is 2.28. The van der Waals surface area contributed by atoms with E-state index in [0.717, 1.165) is 12.2 Å². The molecule has 12 heavy (non-hydrogen) atoms. The molecule has 0 spiro atoms. The Labute approximate surface area is 71.8 Å². The molecule has 0 saturated heterocycles. The van der Waals surface area contributed by atoms with Gasteiger partial charge in [-0.15, -0.1) is 0 Å². The molecule has 0 fully saturated rings. The van der Waals surface area contributed by atoms with E-state index in [2.05, 4.69) is 5.32 Å². The van der Waals surface area contributed by atoms with Crippen molar-refractivity contribution in [3.05, 3.63) is 12.1 Å². The number of benzene rings is 1. The summed E-state index contributed by atoms with van der Waals surface area (Å²) in [5.41, 5.74) is 1.14. The number of rotatable bonds is 0. The number of ether oxygens (including phenoxy) is 1. The van der Waals surface area contributed by atoms with Crippen LogP contribution in [0.15, 0.2) is 12.1 Å². The van der Waals surface area contributed by atoms with Gasteiger partial charge < -0.3 is 15.2 Å². The van der Waals surface area contributed by atoms with Gasteiger partial charge in [0.1, 0.15) is 26.0 Å². The topological polar surface area (TPSA) is 41.5 Å². The molecule has 2 radical (unpaired) electrons. The van der Waals surface area contributed by atoms with Gasteiger partial charge >= 0.3 is 0 Å². The van der Waals surface area contributed by atoms with E-state index in [1.807, 2.05) is 0 Å². The van der Waals surface area contributed by atoms with Gasteiger partial charge in [0.05, 0.1) is 5.69 Å². The Kier molecular flexibility index (Phi) is 1.61. The minimum atomic E-state index is 0.0896. The van der Waals surface area contributed by atoms with Crippen LogP contribution in [0, 0.1) is 0 Å². The third-order valence-corrected chi connectivity index (χ3v) is 1.80. The zero-order valence-electron chi connectivity index (χ0n) is 6.50. The molecule has 0 unspecified atom stereocenters. The maximum atomic E-state index is 9.25. The second-order valence-electron chi connectivity index (χ2n) is 2.68. The van der Waals surface area contributed by atoms with Crippen LogP contribution in [0.4, 0.5) is 5.69 Å². The van der Waals surface area contributed by atoms with E-state index in [1.54, 1.807) is 12.1 Å². The van der Waals surface area contributed by atoms with Crippen LogP contribution in [-0.2, 0) is 0 Å². The molecule has 3 nitrogen and oxygen atoms in total. The van der Waals surface area contributed by atoms with Gasteiger partial charge in [-0.25, -0.2) is 0 Å². The van der Waals surface area contributed by atoms with Crippen LogP contribution in [-0.4, -0.2) is 26.1 Å². The predicted molar refractivity (Wildman–Crippen MR) is 47.5 cm³/mol. The summed E-state index contributed by atoms with van der Waals surface area (Å²) in [7, 11) is 5.49. The lowest BCUT2D eigenvalue weighted by Gasteiger charge is -2.19. The monoisotopic (exact) mass is 161 g/mol. The summed E-state index contributed by atoms with van der Waals surface area (Å²) in [6, 6.07) is 3.20. The molecule has 2 rings (SSSR count). The summed E-state index contributed by atoms with van der Waals surface area (Å²) in [6.45, 7) is 1.40. The molecule has 0 atom stereocenters. The standard InChI is InChI=1S/C8H8BNO2/c9-5-3-8-6(4-7(5)11)10-1-2-12-8/h3-4,10-11H,1-2H2. The van der Waals surface area contributed by atoms with Gasteiger partial charge in [0, 0.05) is 12.6 Å². The molecule has 1 heterocycles. The van der Waals surface area contributed by atoms with Crippen molar-refractivity contribution in [2.24, 2.45) is 0 Å². The largest absolute Gasteiger partial charge is 0.509 e. The average molecular weight is 161 g/mol. The summed E-state index contributed by atoms with van der Waals surface area (Å²) < 4.78 is 5.31. The highest BCUT2D eigenvalue weighted by atomic mass is 16.5. The second kappa shape index (κ2) is 2.62. The minimum absolute atomic E-state index is 0.0896. The quantitative estimate of drug-likeness (QED) is 0.525. The molecule has 0 bridgehead atoms. The number of fused-ring (bicyclic) bond motifs is 1. The Morgan fingerprint density at radius 1 is 1.50 bits per heavy atom. The Morgan fingerprint density at radius 2 is 2.33 bits per heavy atom. The second-order valence-corrected chi connectivity index (χ2v) is 2.68. The van der Waals surface area contributed by atoms with Crippen LogP contribution in [0.25, 0.3) is 0 Å². The van der Waals surface area contributed by atoms with Crippen LogP contribution >= 0.6 is 0 Å². The normalized spacial score (nSPS) is 14.3. The van der Waals surface area contributed by atoms with Gasteiger partial charge in [0.15, 0.2) is 0 Å². The Morgan fingerprint density at radius 3 is 3.17 bits per heavy atom. The predicted octanol–water partition coefficient (Wildman–Crippen LogP) is -0.00970. The highest BCUT2D eigenvalue weighted by molar-refractivity contribution is 6.34.